The topological polar surface area (TPSA) is 25.8 Å². The highest BCUT2D eigenvalue weighted by Gasteiger charge is 2.04. The second-order valence-electron chi connectivity index (χ2n) is 3.13. The van der Waals surface area contributed by atoms with Crippen LogP contribution in [0.1, 0.15) is 36.8 Å². The Hall–Kier alpha value is -0.630. The van der Waals surface area contributed by atoms with Crippen LogP contribution < -0.4 is 0 Å². The number of hydrogen-bond acceptors (Lipinski definition) is 2. The van der Waals surface area contributed by atoms with E-state index in [0.717, 1.165) is 17.1 Å². The summed E-state index contributed by atoms with van der Waals surface area (Å²) < 4.78 is 0. The van der Waals surface area contributed by atoms with Crippen LogP contribution in [-0.4, -0.2) is 9.97 Å². The molecule has 0 atom stereocenters. The number of nitrogens with zero attached hydrogens (tertiary/aromatic N) is 2. The minimum atomic E-state index is 0.382. The predicted octanol–water partition coefficient (Wildman–Crippen LogP) is 2.65. The molecule has 0 unspecified atom stereocenters. The van der Waals surface area contributed by atoms with Gasteiger partial charge in [-0.25, -0.2) is 9.97 Å². The van der Waals surface area contributed by atoms with E-state index in [-0.39, 0.29) is 0 Å². The lowest BCUT2D eigenvalue weighted by molar-refractivity contribution is 0.761. The average molecular weight is 185 g/mol. The van der Waals surface area contributed by atoms with Gasteiger partial charge in [-0.1, -0.05) is 13.8 Å². The van der Waals surface area contributed by atoms with Crippen molar-refractivity contribution >= 4 is 11.6 Å². The van der Waals surface area contributed by atoms with Crippen LogP contribution in [0.5, 0.6) is 0 Å². The van der Waals surface area contributed by atoms with Crippen molar-refractivity contribution in [2.75, 3.05) is 0 Å². The highest BCUT2D eigenvalue weighted by atomic mass is 35.5. The van der Waals surface area contributed by atoms with Crippen molar-refractivity contribution in [1.82, 2.24) is 9.97 Å². The lowest BCUT2D eigenvalue weighted by Crippen LogP contribution is -2.01. The maximum absolute atomic E-state index is 5.68. The Balaban J connectivity index is 3.02. The molecule has 1 aromatic heterocycles. The van der Waals surface area contributed by atoms with E-state index < -0.39 is 0 Å². The number of rotatable bonds is 2. The van der Waals surface area contributed by atoms with Crippen LogP contribution in [0.15, 0.2) is 6.20 Å². The summed E-state index contributed by atoms with van der Waals surface area (Å²) in [5.74, 6) is 1.76. The Morgan fingerprint density at radius 2 is 2.17 bits per heavy atom. The Bertz CT molecular complexity index is 271. The highest BCUT2D eigenvalue weighted by molar-refractivity contribution is 6.17. The third kappa shape index (κ3) is 1.95. The SMILES string of the molecule is Cc1nc(C(C)C)ncc1CCl. The van der Waals surface area contributed by atoms with Gasteiger partial charge in [0.05, 0.1) is 5.88 Å². The summed E-state index contributed by atoms with van der Waals surface area (Å²) >= 11 is 5.68. The molecule has 2 nitrogen and oxygen atoms in total. The molecule has 0 aliphatic heterocycles. The maximum Gasteiger partial charge on any atom is 0.131 e. The average Bonchev–Trinajstić information content (AvgIpc) is 2.04. The fraction of sp³-hybridized carbons (Fsp3) is 0.556. The standard InChI is InChI=1S/C9H13ClN2/c1-6(2)9-11-5-8(4-10)7(3)12-9/h5-6H,4H2,1-3H3. The van der Waals surface area contributed by atoms with Gasteiger partial charge in [-0.15, -0.1) is 11.6 Å². The van der Waals surface area contributed by atoms with E-state index in [1.54, 1.807) is 0 Å². The molecule has 0 aliphatic rings. The molecule has 0 fully saturated rings. The second-order valence-corrected chi connectivity index (χ2v) is 3.39. The first kappa shape index (κ1) is 9.46. The number of alkyl halides is 1. The number of aromatic nitrogens is 2. The van der Waals surface area contributed by atoms with E-state index in [4.69, 9.17) is 11.6 Å². The van der Waals surface area contributed by atoms with Crippen LogP contribution in [0, 0.1) is 6.92 Å². The number of halogens is 1. The van der Waals surface area contributed by atoms with Crippen LogP contribution in [-0.2, 0) is 5.88 Å². The van der Waals surface area contributed by atoms with E-state index in [1.165, 1.54) is 0 Å². The van der Waals surface area contributed by atoms with Crippen molar-refractivity contribution in [2.24, 2.45) is 0 Å². The summed E-state index contributed by atoms with van der Waals surface area (Å²) in [6, 6.07) is 0. The third-order valence-electron chi connectivity index (χ3n) is 1.76. The van der Waals surface area contributed by atoms with Crippen LogP contribution >= 0.6 is 11.6 Å². The van der Waals surface area contributed by atoms with Gasteiger partial charge in [0.25, 0.3) is 0 Å². The van der Waals surface area contributed by atoms with Gasteiger partial charge in [0.1, 0.15) is 5.82 Å². The first-order valence-electron chi connectivity index (χ1n) is 4.03. The van der Waals surface area contributed by atoms with Crippen molar-refractivity contribution < 1.29 is 0 Å². The van der Waals surface area contributed by atoms with Crippen LogP contribution in [0.4, 0.5) is 0 Å². The summed E-state index contributed by atoms with van der Waals surface area (Å²) in [5.41, 5.74) is 2.00. The van der Waals surface area contributed by atoms with Crippen molar-refractivity contribution in [3.63, 3.8) is 0 Å². The molecule has 66 valence electrons. The van der Waals surface area contributed by atoms with Gasteiger partial charge in [-0.05, 0) is 6.92 Å². The van der Waals surface area contributed by atoms with Gasteiger partial charge in [-0.2, -0.15) is 0 Å². The van der Waals surface area contributed by atoms with E-state index in [2.05, 4.69) is 23.8 Å². The summed E-state index contributed by atoms with van der Waals surface area (Å²) in [4.78, 5) is 8.56. The number of hydrogen-bond donors (Lipinski definition) is 0. The zero-order valence-corrected chi connectivity index (χ0v) is 8.39. The summed E-state index contributed by atoms with van der Waals surface area (Å²) in [6.07, 6.45) is 1.81. The monoisotopic (exact) mass is 184 g/mol. The quantitative estimate of drug-likeness (QED) is 0.661. The Morgan fingerprint density at radius 3 is 2.58 bits per heavy atom. The van der Waals surface area contributed by atoms with Crippen LogP contribution in [0.2, 0.25) is 0 Å². The van der Waals surface area contributed by atoms with Gasteiger partial charge >= 0.3 is 0 Å². The lowest BCUT2D eigenvalue weighted by Gasteiger charge is -2.06. The predicted molar refractivity (Wildman–Crippen MR) is 50.4 cm³/mol. The molecule has 3 heteroatoms. The van der Waals surface area contributed by atoms with E-state index >= 15 is 0 Å². The smallest absolute Gasteiger partial charge is 0.131 e. The molecular formula is C9H13ClN2. The van der Waals surface area contributed by atoms with Gasteiger partial charge in [-0.3, -0.25) is 0 Å². The molecule has 0 saturated carbocycles. The maximum atomic E-state index is 5.68. The van der Waals surface area contributed by atoms with E-state index in [9.17, 15) is 0 Å². The largest absolute Gasteiger partial charge is 0.241 e. The Labute approximate surface area is 78.0 Å². The van der Waals surface area contributed by atoms with Gasteiger partial charge in [0, 0.05) is 23.4 Å². The molecule has 1 rings (SSSR count). The van der Waals surface area contributed by atoms with Gasteiger partial charge < -0.3 is 0 Å². The molecule has 0 radical (unpaired) electrons. The molecule has 0 spiro atoms. The molecule has 12 heavy (non-hydrogen) atoms. The molecule has 0 bridgehead atoms. The zero-order valence-electron chi connectivity index (χ0n) is 7.63. The highest BCUT2D eigenvalue weighted by Crippen LogP contribution is 2.12. The molecule has 1 heterocycles. The van der Waals surface area contributed by atoms with Crippen molar-refractivity contribution in [1.29, 1.82) is 0 Å². The van der Waals surface area contributed by atoms with E-state index in [0.29, 0.717) is 11.8 Å². The normalized spacial score (nSPS) is 10.8. The van der Waals surface area contributed by atoms with Crippen LogP contribution in [0.3, 0.4) is 0 Å². The van der Waals surface area contributed by atoms with Crippen molar-refractivity contribution in [2.45, 2.75) is 32.6 Å². The summed E-state index contributed by atoms with van der Waals surface area (Å²) in [5, 5.41) is 0. The molecule has 0 N–H and O–H groups in total. The fourth-order valence-electron chi connectivity index (χ4n) is 0.919. The molecule has 0 aromatic carbocycles. The first-order chi connectivity index (χ1) is 5.65. The minimum Gasteiger partial charge on any atom is -0.241 e. The van der Waals surface area contributed by atoms with Crippen LogP contribution in [0.25, 0.3) is 0 Å². The zero-order chi connectivity index (χ0) is 9.14. The van der Waals surface area contributed by atoms with Crippen molar-refractivity contribution in [3.05, 3.63) is 23.3 Å². The van der Waals surface area contributed by atoms with Crippen molar-refractivity contribution in [3.8, 4) is 0 Å². The molecule has 0 amide bonds. The minimum absolute atomic E-state index is 0.382. The third-order valence-corrected chi connectivity index (χ3v) is 2.05. The summed E-state index contributed by atoms with van der Waals surface area (Å²) in [7, 11) is 0. The number of aryl methyl sites for hydroxylation is 1. The summed E-state index contributed by atoms with van der Waals surface area (Å²) in [6.45, 7) is 6.12. The van der Waals surface area contributed by atoms with Gasteiger partial charge in [0.15, 0.2) is 0 Å². The molecule has 1 aromatic rings. The second kappa shape index (κ2) is 3.85. The molecule has 0 aliphatic carbocycles. The fourth-order valence-corrected chi connectivity index (χ4v) is 1.18. The van der Waals surface area contributed by atoms with Gasteiger partial charge in [0.2, 0.25) is 0 Å². The lowest BCUT2D eigenvalue weighted by atomic mass is 10.2. The molecular weight excluding hydrogens is 172 g/mol. The van der Waals surface area contributed by atoms with E-state index in [1.807, 2.05) is 13.1 Å². The Kier molecular flexibility index (Phi) is 3.04. The molecule has 0 saturated heterocycles. The Morgan fingerprint density at radius 1 is 1.50 bits per heavy atom. The first-order valence-corrected chi connectivity index (χ1v) is 4.57.